The van der Waals surface area contributed by atoms with Gasteiger partial charge < -0.3 is 0 Å². The Morgan fingerprint density at radius 1 is 0.917 bits per heavy atom. The van der Waals surface area contributed by atoms with Gasteiger partial charge in [-0.05, 0) is 30.3 Å². The normalized spacial score (nSPS) is 12.0. The summed E-state index contributed by atoms with van der Waals surface area (Å²) >= 11 is 3.96. The Balaban J connectivity index is 3.27. The SMILES string of the molecule is [CH2]C(SCC(C)C)SCC(C)C. The summed E-state index contributed by atoms with van der Waals surface area (Å²) in [6, 6.07) is 0. The molecule has 0 heterocycles. The molecular formula is C10H21S2. The van der Waals surface area contributed by atoms with Crippen LogP contribution in [0.2, 0.25) is 0 Å². The first-order chi connectivity index (χ1) is 5.52. The molecule has 0 fully saturated rings. The van der Waals surface area contributed by atoms with Crippen LogP contribution in [0.25, 0.3) is 0 Å². The van der Waals surface area contributed by atoms with Crippen LogP contribution in [0.1, 0.15) is 27.7 Å². The lowest BCUT2D eigenvalue weighted by Crippen LogP contribution is -2.01. The van der Waals surface area contributed by atoms with E-state index in [1.807, 2.05) is 23.5 Å². The van der Waals surface area contributed by atoms with Crippen LogP contribution in [0, 0.1) is 18.8 Å². The standard InChI is InChI=1S/C10H21S2/c1-8(2)6-11-10(5)12-7-9(3)4/h8-10H,5-7H2,1-4H3. The summed E-state index contributed by atoms with van der Waals surface area (Å²) < 4.78 is 0.523. The Labute approximate surface area is 86.3 Å². The first-order valence-corrected chi connectivity index (χ1v) is 6.68. The van der Waals surface area contributed by atoms with E-state index in [0.29, 0.717) is 4.58 Å². The molecule has 0 atom stereocenters. The fraction of sp³-hybridized carbons (Fsp3) is 0.900. The first-order valence-electron chi connectivity index (χ1n) is 4.58. The van der Waals surface area contributed by atoms with Crippen molar-refractivity contribution in [2.45, 2.75) is 32.3 Å². The highest BCUT2D eigenvalue weighted by Crippen LogP contribution is 2.25. The second-order valence-electron chi connectivity index (χ2n) is 3.88. The maximum absolute atomic E-state index is 4.11. The number of hydrogen-bond donors (Lipinski definition) is 0. The average molecular weight is 205 g/mol. The summed E-state index contributed by atoms with van der Waals surface area (Å²) in [5, 5.41) is 0. The Kier molecular flexibility index (Phi) is 7.55. The van der Waals surface area contributed by atoms with Gasteiger partial charge in [-0.2, -0.15) is 0 Å². The molecule has 0 aliphatic carbocycles. The molecule has 0 rings (SSSR count). The predicted molar refractivity (Wildman–Crippen MR) is 63.7 cm³/mol. The summed E-state index contributed by atoms with van der Waals surface area (Å²) in [5.41, 5.74) is 0. The first kappa shape index (κ1) is 12.7. The van der Waals surface area contributed by atoms with Crippen molar-refractivity contribution >= 4 is 23.5 Å². The van der Waals surface area contributed by atoms with Gasteiger partial charge in [-0.25, -0.2) is 0 Å². The van der Waals surface area contributed by atoms with Gasteiger partial charge in [0.25, 0.3) is 0 Å². The van der Waals surface area contributed by atoms with Crippen molar-refractivity contribution in [2.24, 2.45) is 11.8 Å². The van der Waals surface area contributed by atoms with E-state index in [-0.39, 0.29) is 0 Å². The van der Waals surface area contributed by atoms with Crippen molar-refractivity contribution in [1.82, 2.24) is 0 Å². The lowest BCUT2D eigenvalue weighted by molar-refractivity contribution is 0.748. The Bertz CT molecular complexity index is 88.0. The van der Waals surface area contributed by atoms with E-state index in [9.17, 15) is 0 Å². The lowest BCUT2D eigenvalue weighted by atomic mass is 10.3. The zero-order valence-corrected chi connectivity index (χ0v) is 10.3. The molecule has 0 saturated heterocycles. The molecule has 0 aliphatic rings. The van der Waals surface area contributed by atoms with Crippen molar-refractivity contribution in [3.05, 3.63) is 6.92 Å². The van der Waals surface area contributed by atoms with Crippen molar-refractivity contribution in [1.29, 1.82) is 0 Å². The molecule has 0 amide bonds. The minimum atomic E-state index is 0.523. The summed E-state index contributed by atoms with van der Waals surface area (Å²) in [6.45, 7) is 13.1. The third-order valence-corrected chi connectivity index (χ3v) is 4.51. The van der Waals surface area contributed by atoms with E-state index >= 15 is 0 Å². The fourth-order valence-corrected chi connectivity index (χ4v) is 2.70. The van der Waals surface area contributed by atoms with Crippen LogP contribution in [-0.4, -0.2) is 16.1 Å². The minimum Gasteiger partial charge on any atom is -0.147 e. The Morgan fingerprint density at radius 3 is 1.50 bits per heavy atom. The van der Waals surface area contributed by atoms with Gasteiger partial charge >= 0.3 is 0 Å². The van der Waals surface area contributed by atoms with E-state index in [1.165, 1.54) is 11.5 Å². The van der Waals surface area contributed by atoms with Gasteiger partial charge in [0.15, 0.2) is 0 Å². The number of thioether (sulfide) groups is 2. The monoisotopic (exact) mass is 205 g/mol. The maximum Gasteiger partial charge on any atom is 0.0503 e. The van der Waals surface area contributed by atoms with Gasteiger partial charge in [0.2, 0.25) is 0 Å². The molecule has 0 aromatic rings. The highest BCUT2D eigenvalue weighted by atomic mass is 32.2. The molecule has 0 aliphatic heterocycles. The molecule has 0 saturated carbocycles. The van der Waals surface area contributed by atoms with E-state index in [0.717, 1.165) is 11.8 Å². The molecular weight excluding hydrogens is 184 g/mol. The molecule has 0 aromatic carbocycles. The highest BCUT2D eigenvalue weighted by molar-refractivity contribution is 8.17. The quantitative estimate of drug-likeness (QED) is 0.603. The molecule has 0 N–H and O–H groups in total. The predicted octanol–water partition coefficient (Wildman–Crippen LogP) is 3.92. The molecule has 0 spiro atoms. The van der Waals surface area contributed by atoms with Crippen LogP contribution < -0.4 is 0 Å². The van der Waals surface area contributed by atoms with Gasteiger partial charge in [0.05, 0.1) is 4.58 Å². The zero-order chi connectivity index (χ0) is 9.56. The van der Waals surface area contributed by atoms with Crippen LogP contribution in [0.3, 0.4) is 0 Å². The van der Waals surface area contributed by atoms with Gasteiger partial charge in [-0.15, -0.1) is 23.5 Å². The number of hydrogen-bond acceptors (Lipinski definition) is 2. The summed E-state index contributed by atoms with van der Waals surface area (Å²) in [6.07, 6.45) is 0. The maximum atomic E-state index is 4.11. The molecule has 2 heteroatoms. The third kappa shape index (κ3) is 8.79. The van der Waals surface area contributed by atoms with Gasteiger partial charge in [0.1, 0.15) is 0 Å². The van der Waals surface area contributed by atoms with E-state index < -0.39 is 0 Å². The second kappa shape index (κ2) is 7.14. The van der Waals surface area contributed by atoms with Crippen molar-refractivity contribution in [3.8, 4) is 0 Å². The lowest BCUT2D eigenvalue weighted by Gasteiger charge is -2.13. The van der Waals surface area contributed by atoms with Crippen LogP contribution in [0.5, 0.6) is 0 Å². The van der Waals surface area contributed by atoms with Gasteiger partial charge in [0, 0.05) is 0 Å². The van der Waals surface area contributed by atoms with Crippen LogP contribution in [0.4, 0.5) is 0 Å². The highest BCUT2D eigenvalue weighted by Gasteiger charge is 2.05. The summed E-state index contributed by atoms with van der Waals surface area (Å²) in [4.78, 5) is 0. The topological polar surface area (TPSA) is 0 Å². The molecule has 73 valence electrons. The number of rotatable bonds is 6. The molecule has 0 unspecified atom stereocenters. The van der Waals surface area contributed by atoms with Crippen LogP contribution in [-0.2, 0) is 0 Å². The van der Waals surface area contributed by atoms with Crippen molar-refractivity contribution < 1.29 is 0 Å². The van der Waals surface area contributed by atoms with Gasteiger partial charge in [-0.1, -0.05) is 27.7 Å². The Morgan fingerprint density at radius 2 is 1.25 bits per heavy atom. The van der Waals surface area contributed by atoms with Crippen LogP contribution in [0.15, 0.2) is 0 Å². The molecule has 12 heavy (non-hydrogen) atoms. The van der Waals surface area contributed by atoms with Crippen molar-refractivity contribution in [2.75, 3.05) is 11.5 Å². The van der Waals surface area contributed by atoms with E-state index in [2.05, 4.69) is 34.6 Å². The summed E-state index contributed by atoms with van der Waals surface area (Å²) in [5.74, 6) is 4.05. The molecule has 0 aromatic heterocycles. The van der Waals surface area contributed by atoms with Crippen LogP contribution >= 0.6 is 23.5 Å². The molecule has 0 bridgehead atoms. The minimum absolute atomic E-state index is 0.523. The Hall–Kier alpha value is 0.700. The largest absolute Gasteiger partial charge is 0.147 e. The molecule has 1 radical (unpaired) electrons. The van der Waals surface area contributed by atoms with E-state index in [1.54, 1.807) is 0 Å². The van der Waals surface area contributed by atoms with E-state index in [4.69, 9.17) is 0 Å². The zero-order valence-electron chi connectivity index (χ0n) is 8.67. The smallest absolute Gasteiger partial charge is 0.0503 e. The summed E-state index contributed by atoms with van der Waals surface area (Å²) in [7, 11) is 0. The third-order valence-electron chi connectivity index (χ3n) is 1.23. The van der Waals surface area contributed by atoms with Crippen molar-refractivity contribution in [3.63, 3.8) is 0 Å². The molecule has 0 nitrogen and oxygen atoms in total. The second-order valence-corrected chi connectivity index (χ2v) is 6.65. The average Bonchev–Trinajstić information content (AvgIpc) is 1.96. The fourth-order valence-electron chi connectivity index (χ4n) is 0.648. The van der Waals surface area contributed by atoms with Gasteiger partial charge in [-0.3, -0.25) is 0 Å².